The number of nitrogens with one attached hydrogen (secondary N) is 2. The molecular weight excluding hydrogens is 472 g/mol. The van der Waals surface area contributed by atoms with Crippen LogP contribution in [0.1, 0.15) is 17.3 Å². The van der Waals surface area contributed by atoms with E-state index in [0.29, 0.717) is 38.1 Å². The number of methoxy groups -OCH3 is 1. The van der Waals surface area contributed by atoms with Gasteiger partial charge in [-0.15, -0.1) is 11.3 Å². The highest BCUT2D eigenvalue weighted by atomic mass is 32.2. The summed E-state index contributed by atoms with van der Waals surface area (Å²) < 4.78 is 7.31. The summed E-state index contributed by atoms with van der Waals surface area (Å²) in [5, 5.41) is 7.45. The number of carbonyl (C=O) groups excluding carboxylic acids is 2. The number of benzene rings is 2. The van der Waals surface area contributed by atoms with Gasteiger partial charge in [0.25, 0.3) is 11.5 Å². The van der Waals surface area contributed by atoms with E-state index in [1.54, 1.807) is 56.4 Å². The lowest BCUT2D eigenvalue weighted by molar-refractivity contribution is -0.115. The van der Waals surface area contributed by atoms with Crippen molar-refractivity contribution in [2.24, 2.45) is 7.05 Å². The maximum absolute atomic E-state index is 12.7. The second kappa shape index (κ2) is 10.1. The van der Waals surface area contributed by atoms with Crippen LogP contribution in [0.4, 0.5) is 11.4 Å². The Balaban J connectivity index is 1.40. The van der Waals surface area contributed by atoms with Crippen molar-refractivity contribution >= 4 is 56.5 Å². The van der Waals surface area contributed by atoms with Gasteiger partial charge in [0.15, 0.2) is 5.16 Å². The zero-order valence-electron chi connectivity index (χ0n) is 18.7. The number of thioether (sulfide) groups is 1. The third-order valence-electron chi connectivity index (χ3n) is 5.07. The molecule has 2 amide bonds. The smallest absolute Gasteiger partial charge is 0.271 e. The van der Waals surface area contributed by atoms with E-state index in [2.05, 4.69) is 15.6 Å². The average molecular weight is 495 g/mol. The van der Waals surface area contributed by atoms with Crippen LogP contribution in [-0.2, 0) is 11.8 Å². The third-order valence-corrected chi connectivity index (χ3v) is 7.10. The first-order valence-electron chi connectivity index (χ1n) is 10.3. The molecule has 0 radical (unpaired) electrons. The Morgan fingerprint density at radius 3 is 2.56 bits per heavy atom. The van der Waals surface area contributed by atoms with Crippen molar-refractivity contribution in [3.05, 3.63) is 75.9 Å². The van der Waals surface area contributed by atoms with Crippen molar-refractivity contribution in [2.45, 2.75) is 17.3 Å². The number of ether oxygens (including phenoxy) is 1. The molecule has 4 aromatic rings. The van der Waals surface area contributed by atoms with Gasteiger partial charge in [-0.05, 0) is 54.8 Å². The summed E-state index contributed by atoms with van der Waals surface area (Å²) >= 11 is 2.56. The Morgan fingerprint density at radius 2 is 1.82 bits per heavy atom. The van der Waals surface area contributed by atoms with Gasteiger partial charge >= 0.3 is 0 Å². The number of aromatic nitrogens is 2. The predicted octanol–water partition coefficient (Wildman–Crippen LogP) is 4.38. The SMILES string of the molecule is COc1ccccc1NC(=O)c1ccc(NC(=O)C(C)Sc2nc3ccsc3c(=O)n2C)cc1. The fourth-order valence-corrected chi connectivity index (χ4v) is 4.86. The average Bonchev–Trinajstić information content (AvgIpc) is 3.31. The van der Waals surface area contributed by atoms with Crippen LogP contribution in [-0.4, -0.2) is 33.7 Å². The van der Waals surface area contributed by atoms with Crippen molar-refractivity contribution < 1.29 is 14.3 Å². The van der Waals surface area contributed by atoms with Gasteiger partial charge in [-0.1, -0.05) is 23.9 Å². The number of fused-ring (bicyclic) bond motifs is 1. The summed E-state index contributed by atoms with van der Waals surface area (Å²) in [5.74, 6) is 0.0364. The highest BCUT2D eigenvalue weighted by Gasteiger charge is 2.19. The number of hydrogen-bond acceptors (Lipinski definition) is 7. The first-order valence-corrected chi connectivity index (χ1v) is 12.1. The van der Waals surface area contributed by atoms with Gasteiger partial charge in [0.2, 0.25) is 5.91 Å². The van der Waals surface area contributed by atoms with E-state index >= 15 is 0 Å². The van der Waals surface area contributed by atoms with E-state index < -0.39 is 5.25 Å². The second-order valence-electron chi connectivity index (χ2n) is 7.37. The maximum Gasteiger partial charge on any atom is 0.271 e. The van der Waals surface area contributed by atoms with E-state index in [1.165, 1.54) is 34.8 Å². The normalized spacial score (nSPS) is 11.7. The van der Waals surface area contributed by atoms with Crippen LogP contribution in [0.2, 0.25) is 0 Å². The van der Waals surface area contributed by atoms with Gasteiger partial charge in [-0.3, -0.25) is 19.0 Å². The second-order valence-corrected chi connectivity index (χ2v) is 9.60. The molecule has 0 bridgehead atoms. The summed E-state index contributed by atoms with van der Waals surface area (Å²) in [6.07, 6.45) is 0. The summed E-state index contributed by atoms with van der Waals surface area (Å²) in [6, 6.07) is 15.5. The van der Waals surface area contributed by atoms with Crippen LogP contribution in [0.5, 0.6) is 5.75 Å². The molecule has 10 heteroatoms. The maximum atomic E-state index is 12.7. The van der Waals surface area contributed by atoms with E-state index in [0.717, 1.165) is 0 Å². The molecule has 0 aliphatic rings. The number of rotatable bonds is 7. The van der Waals surface area contributed by atoms with Crippen molar-refractivity contribution in [1.82, 2.24) is 9.55 Å². The summed E-state index contributed by atoms with van der Waals surface area (Å²) in [6.45, 7) is 1.75. The van der Waals surface area contributed by atoms with Crippen LogP contribution in [0.3, 0.4) is 0 Å². The molecule has 8 nitrogen and oxygen atoms in total. The molecule has 1 atom stereocenters. The Bertz CT molecular complexity index is 1410. The van der Waals surface area contributed by atoms with Crippen molar-refractivity contribution in [1.29, 1.82) is 0 Å². The Labute approximate surface area is 204 Å². The molecule has 2 N–H and O–H groups in total. The van der Waals surface area contributed by atoms with Crippen molar-refractivity contribution in [2.75, 3.05) is 17.7 Å². The summed E-state index contributed by atoms with van der Waals surface area (Å²) in [4.78, 5) is 42.3. The topological polar surface area (TPSA) is 102 Å². The monoisotopic (exact) mass is 494 g/mol. The zero-order chi connectivity index (χ0) is 24.2. The zero-order valence-corrected chi connectivity index (χ0v) is 20.3. The molecule has 0 saturated carbocycles. The van der Waals surface area contributed by atoms with Gasteiger partial charge in [0.05, 0.1) is 23.6 Å². The molecule has 2 aromatic heterocycles. The van der Waals surface area contributed by atoms with Crippen LogP contribution in [0.25, 0.3) is 10.2 Å². The van der Waals surface area contributed by atoms with E-state index in [1.807, 2.05) is 17.5 Å². The number of hydrogen-bond donors (Lipinski definition) is 2. The summed E-state index contributed by atoms with van der Waals surface area (Å²) in [5.41, 5.74) is 2.07. The molecular formula is C24H22N4O4S2. The van der Waals surface area contributed by atoms with Gasteiger partial charge in [-0.25, -0.2) is 4.98 Å². The standard InChI is InChI=1S/C24H22N4O4S2/c1-14(34-24-27-18-12-13-33-20(18)23(31)28(24)2)21(29)25-16-10-8-15(9-11-16)22(30)26-17-6-4-5-7-19(17)32-3/h4-14H,1-3H3,(H,25,29)(H,26,30). The Morgan fingerprint density at radius 1 is 1.09 bits per heavy atom. The van der Waals surface area contributed by atoms with Crippen LogP contribution in [0.15, 0.2) is 69.9 Å². The lowest BCUT2D eigenvalue weighted by Crippen LogP contribution is -2.25. The van der Waals surface area contributed by atoms with Crippen LogP contribution >= 0.6 is 23.1 Å². The summed E-state index contributed by atoms with van der Waals surface area (Å²) in [7, 11) is 3.19. The minimum atomic E-state index is -0.497. The number of amides is 2. The molecule has 0 aliphatic carbocycles. The number of anilines is 2. The van der Waals surface area contributed by atoms with E-state index in [9.17, 15) is 14.4 Å². The number of carbonyl (C=O) groups is 2. The molecule has 174 valence electrons. The Hall–Kier alpha value is -3.63. The van der Waals surface area contributed by atoms with Crippen LogP contribution < -0.4 is 20.9 Å². The van der Waals surface area contributed by atoms with Gasteiger partial charge in [0, 0.05) is 18.3 Å². The predicted molar refractivity (Wildman–Crippen MR) is 136 cm³/mol. The largest absolute Gasteiger partial charge is 0.495 e. The van der Waals surface area contributed by atoms with Crippen molar-refractivity contribution in [3.8, 4) is 5.75 Å². The third kappa shape index (κ3) is 4.97. The van der Waals surface area contributed by atoms with Gasteiger partial charge < -0.3 is 15.4 Å². The van der Waals surface area contributed by atoms with Gasteiger partial charge in [0.1, 0.15) is 10.4 Å². The molecule has 0 fully saturated rings. The molecule has 34 heavy (non-hydrogen) atoms. The molecule has 2 heterocycles. The molecule has 2 aromatic carbocycles. The fraction of sp³-hybridized carbons (Fsp3) is 0.167. The lowest BCUT2D eigenvalue weighted by Gasteiger charge is -2.14. The highest BCUT2D eigenvalue weighted by Crippen LogP contribution is 2.26. The molecule has 1 unspecified atom stereocenters. The Kier molecular flexibility index (Phi) is 6.99. The molecule has 4 rings (SSSR count). The highest BCUT2D eigenvalue weighted by molar-refractivity contribution is 8.00. The number of thiophene rings is 1. The first kappa shape index (κ1) is 23.5. The minimum absolute atomic E-state index is 0.128. The van der Waals surface area contributed by atoms with Crippen LogP contribution in [0, 0.1) is 0 Å². The molecule has 0 aliphatic heterocycles. The minimum Gasteiger partial charge on any atom is -0.495 e. The van der Waals surface area contributed by atoms with Crippen molar-refractivity contribution in [3.63, 3.8) is 0 Å². The number of nitrogens with zero attached hydrogens (tertiary/aromatic N) is 2. The quantitative estimate of drug-likeness (QED) is 0.292. The van der Waals surface area contributed by atoms with Gasteiger partial charge in [-0.2, -0.15) is 0 Å². The first-order chi connectivity index (χ1) is 16.4. The lowest BCUT2D eigenvalue weighted by atomic mass is 10.2. The van der Waals surface area contributed by atoms with E-state index in [4.69, 9.17) is 4.74 Å². The number of para-hydroxylation sites is 2. The molecule has 0 saturated heterocycles. The van der Waals surface area contributed by atoms with E-state index in [-0.39, 0.29) is 17.4 Å². The molecule has 0 spiro atoms. The fourth-order valence-electron chi connectivity index (χ4n) is 3.18.